The summed E-state index contributed by atoms with van der Waals surface area (Å²) in [6.45, 7) is 4.85. The normalized spacial score (nSPS) is 20.6. The summed E-state index contributed by atoms with van der Waals surface area (Å²) < 4.78 is 12.1. The fraction of sp³-hybridized carbons (Fsp3) is 0.429. The molecular formula is C21H25NO3S2. The molecular weight excluding hydrogens is 378 g/mol. The molecule has 27 heavy (non-hydrogen) atoms. The van der Waals surface area contributed by atoms with E-state index in [2.05, 4.69) is 13.0 Å². The minimum atomic E-state index is -0.165. The molecule has 2 heterocycles. The van der Waals surface area contributed by atoms with Gasteiger partial charge in [-0.15, -0.1) is 0 Å². The molecule has 1 fully saturated rings. The first-order chi connectivity index (χ1) is 13.0. The molecule has 1 aromatic carbocycles. The number of thiocarbonyl (C=S) groups is 1. The van der Waals surface area contributed by atoms with Crippen LogP contribution in [0.3, 0.4) is 0 Å². The van der Waals surface area contributed by atoms with E-state index in [0.29, 0.717) is 21.5 Å². The van der Waals surface area contributed by atoms with Crippen LogP contribution in [-0.4, -0.2) is 34.9 Å². The Balaban J connectivity index is 1.78. The van der Waals surface area contributed by atoms with Gasteiger partial charge < -0.3 is 9.47 Å². The highest BCUT2D eigenvalue weighted by Gasteiger charge is 2.32. The maximum Gasteiger partial charge on any atom is 0.266 e. The largest absolute Gasteiger partial charge is 0.493 e. The van der Waals surface area contributed by atoms with Gasteiger partial charge in [-0.05, 0) is 37.1 Å². The van der Waals surface area contributed by atoms with Gasteiger partial charge in [0.2, 0.25) is 0 Å². The molecule has 1 aromatic rings. The van der Waals surface area contributed by atoms with Crippen LogP contribution in [0.4, 0.5) is 0 Å². The van der Waals surface area contributed by atoms with Crippen LogP contribution >= 0.6 is 24.0 Å². The van der Waals surface area contributed by atoms with Crippen LogP contribution in [0.2, 0.25) is 0 Å². The fourth-order valence-electron chi connectivity index (χ4n) is 3.17. The van der Waals surface area contributed by atoms with Crippen molar-refractivity contribution in [1.29, 1.82) is 0 Å². The van der Waals surface area contributed by atoms with Gasteiger partial charge in [0.25, 0.3) is 5.91 Å². The highest BCUT2D eigenvalue weighted by molar-refractivity contribution is 8.26. The lowest BCUT2D eigenvalue weighted by molar-refractivity contribution is -0.122. The number of amides is 1. The maximum atomic E-state index is 12.8. The zero-order valence-corrected chi connectivity index (χ0v) is 17.6. The van der Waals surface area contributed by atoms with Gasteiger partial charge in [-0.3, -0.25) is 9.69 Å². The molecule has 1 unspecified atom stereocenters. The molecule has 0 aromatic heterocycles. The predicted molar refractivity (Wildman–Crippen MR) is 115 cm³/mol. The van der Waals surface area contributed by atoms with Crippen LogP contribution in [0.25, 0.3) is 6.08 Å². The molecule has 2 aliphatic heterocycles. The summed E-state index contributed by atoms with van der Waals surface area (Å²) >= 11 is 6.80. The summed E-state index contributed by atoms with van der Waals surface area (Å²) in [5.41, 5.74) is 1.91. The number of carbonyl (C=O) groups excluding carboxylic acids is 1. The second kappa shape index (κ2) is 8.93. The topological polar surface area (TPSA) is 38.8 Å². The summed E-state index contributed by atoms with van der Waals surface area (Å²) in [6, 6.07) is 5.80. The van der Waals surface area contributed by atoms with Crippen molar-refractivity contribution in [3.63, 3.8) is 0 Å². The molecule has 3 rings (SSSR count). The Morgan fingerprint density at radius 3 is 2.89 bits per heavy atom. The highest BCUT2D eigenvalue weighted by Crippen LogP contribution is 2.39. The Morgan fingerprint density at radius 1 is 1.33 bits per heavy atom. The van der Waals surface area contributed by atoms with Crippen molar-refractivity contribution < 1.29 is 14.3 Å². The lowest BCUT2D eigenvalue weighted by Gasteiger charge is -2.24. The van der Waals surface area contributed by atoms with E-state index in [1.54, 1.807) is 12.0 Å². The quantitative estimate of drug-likeness (QED) is 0.356. The molecule has 0 spiro atoms. The minimum absolute atomic E-state index is 0.00559. The van der Waals surface area contributed by atoms with Gasteiger partial charge in [-0.2, -0.15) is 0 Å². The smallest absolute Gasteiger partial charge is 0.266 e. The number of nitrogens with zero attached hydrogens (tertiary/aromatic N) is 1. The molecule has 4 nitrogen and oxygen atoms in total. The second-order valence-corrected chi connectivity index (χ2v) is 8.35. The summed E-state index contributed by atoms with van der Waals surface area (Å²) in [5, 5.41) is 0. The second-order valence-electron chi connectivity index (χ2n) is 6.68. The van der Waals surface area contributed by atoms with Gasteiger partial charge >= 0.3 is 0 Å². The summed E-state index contributed by atoms with van der Waals surface area (Å²) in [6.07, 6.45) is 8.29. The van der Waals surface area contributed by atoms with Crippen molar-refractivity contribution in [2.24, 2.45) is 0 Å². The van der Waals surface area contributed by atoms with E-state index < -0.39 is 0 Å². The predicted octanol–water partition coefficient (Wildman–Crippen LogP) is 5.18. The van der Waals surface area contributed by atoms with Crippen LogP contribution in [0.1, 0.15) is 45.1 Å². The van der Waals surface area contributed by atoms with Crippen LogP contribution in [0.5, 0.6) is 11.5 Å². The number of thioether (sulfide) groups is 1. The zero-order valence-electron chi connectivity index (χ0n) is 16.0. The number of fused-ring (bicyclic) bond motifs is 1. The SMILES string of the molecule is CCCCCCN1C(=O)/C(=C/C2=Cc3cccc(OC)c3OC2C)SC1=S. The van der Waals surface area contributed by atoms with Crippen molar-refractivity contribution in [2.75, 3.05) is 13.7 Å². The molecule has 0 aliphatic carbocycles. The van der Waals surface area contributed by atoms with Crippen molar-refractivity contribution >= 4 is 40.3 Å². The first-order valence-electron chi connectivity index (χ1n) is 9.35. The molecule has 6 heteroatoms. The average molecular weight is 404 g/mol. The van der Waals surface area contributed by atoms with E-state index in [9.17, 15) is 4.79 Å². The Kier molecular flexibility index (Phi) is 6.60. The Morgan fingerprint density at radius 2 is 2.15 bits per heavy atom. The van der Waals surface area contributed by atoms with Crippen molar-refractivity contribution in [1.82, 2.24) is 4.90 Å². The molecule has 2 aliphatic rings. The molecule has 0 radical (unpaired) electrons. The fourth-order valence-corrected chi connectivity index (χ4v) is 4.48. The number of benzene rings is 1. The van der Waals surface area contributed by atoms with Crippen LogP contribution in [0.15, 0.2) is 34.8 Å². The number of ether oxygens (including phenoxy) is 2. The zero-order chi connectivity index (χ0) is 19.4. The van der Waals surface area contributed by atoms with E-state index in [4.69, 9.17) is 21.7 Å². The molecule has 1 atom stereocenters. The van der Waals surface area contributed by atoms with Gasteiger partial charge in [0, 0.05) is 12.1 Å². The van der Waals surface area contributed by atoms with Gasteiger partial charge in [0.1, 0.15) is 10.4 Å². The van der Waals surface area contributed by atoms with Gasteiger partial charge in [-0.25, -0.2) is 0 Å². The third kappa shape index (κ3) is 4.38. The maximum absolute atomic E-state index is 12.8. The molecule has 0 N–H and O–H groups in total. The van der Waals surface area contributed by atoms with E-state index in [0.717, 1.165) is 29.7 Å². The van der Waals surface area contributed by atoms with E-state index >= 15 is 0 Å². The molecule has 1 amide bonds. The number of carbonyl (C=O) groups is 1. The summed E-state index contributed by atoms with van der Waals surface area (Å²) in [4.78, 5) is 15.2. The first-order valence-corrected chi connectivity index (χ1v) is 10.6. The van der Waals surface area contributed by atoms with E-state index in [-0.39, 0.29) is 12.0 Å². The monoisotopic (exact) mass is 403 g/mol. The molecule has 1 saturated heterocycles. The van der Waals surface area contributed by atoms with Crippen LogP contribution in [-0.2, 0) is 4.79 Å². The Hall–Kier alpha value is -1.79. The average Bonchev–Trinajstić information content (AvgIpc) is 2.92. The van der Waals surface area contributed by atoms with Crippen LogP contribution < -0.4 is 9.47 Å². The molecule has 0 saturated carbocycles. The van der Waals surface area contributed by atoms with Gasteiger partial charge in [-0.1, -0.05) is 62.3 Å². The van der Waals surface area contributed by atoms with Crippen molar-refractivity contribution in [2.45, 2.75) is 45.6 Å². The number of methoxy groups -OCH3 is 1. The first kappa shape index (κ1) is 20.0. The van der Waals surface area contributed by atoms with Gasteiger partial charge in [0.05, 0.1) is 12.0 Å². The van der Waals surface area contributed by atoms with Gasteiger partial charge in [0.15, 0.2) is 11.5 Å². The van der Waals surface area contributed by atoms with Crippen molar-refractivity contribution in [3.05, 3.63) is 40.3 Å². The van der Waals surface area contributed by atoms with E-state index in [1.807, 2.05) is 31.2 Å². The summed E-state index contributed by atoms with van der Waals surface area (Å²) in [7, 11) is 1.63. The Labute approximate surface area is 170 Å². The minimum Gasteiger partial charge on any atom is -0.493 e. The third-order valence-corrected chi connectivity index (χ3v) is 6.10. The lowest BCUT2D eigenvalue weighted by atomic mass is 10.0. The molecule has 144 valence electrons. The number of hydrogen-bond acceptors (Lipinski definition) is 5. The number of hydrogen-bond donors (Lipinski definition) is 0. The number of rotatable bonds is 7. The number of para-hydroxylation sites is 1. The van der Waals surface area contributed by atoms with Crippen molar-refractivity contribution in [3.8, 4) is 11.5 Å². The number of unbranched alkanes of at least 4 members (excludes halogenated alkanes) is 3. The van der Waals surface area contributed by atoms with Crippen LogP contribution in [0, 0.1) is 0 Å². The Bertz CT molecular complexity index is 801. The third-order valence-electron chi connectivity index (χ3n) is 4.72. The summed E-state index contributed by atoms with van der Waals surface area (Å²) in [5.74, 6) is 1.47. The highest BCUT2D eigenvalue weighted by atomic mass is 32.2. The molecule has 0 bridgehead atoms. The standard InChI is InChI=1S/C21H25NO3S2/c1-4-5-6-7-11-22-20(23)18(27-21(22)26)13-16-12-15-9-8-10-17(24-3)19(15)25-14(16)2/h8-10,12-14H,4-7,11H2,1-3H3/b18-13-. The lowest BCUT2D eigenvalue weighted by Crippen LogP contribution is -2.29. The van der Waals surface area contributed by atoms with E-state index in [1.165, 1.54) is 24.6 Å².